The Morgan fingerprint density at radius 2 is 1.86 bits per heavy atom. The Bertz CT molecular complexity index is 498. The van der Waals surface area contributed by atoms with E-state index in [1.165, 1.54) is 25.7 Å². The Hall–Kier alpha value is -0.340. The summed E-state index contributed by atoms with van der Waals surface area (Å²) in [5.74, 6) is 2.68. The van der Waals surface area contributed by atoms with Gasteiger partial charge in [-0.1, -0.05) is 32.4 Å². The van der Waals surface area contributed by atoms with E-state index in [4.69, 9.17) is 0 Å². The zero-order valence-corrected chi connectivity index (χ0v) is 14.4. The molecule has 0 aromatic carbocycles. The molecule has 3 unspecified atom stereocenters. The summed E-state index contributed by atoms with van der Waals surface area (Å²) in [7, 11) is 0. The van der Waals surface area contributed by atoms with Gasteiger partial charge in [-0.15, -0.1) is 0 Å². The average molecular weight is 304 g/mol. The molecule has 3 fully saturated rings. The van der Waals surface area contributed by atoms with Crippen LogP contribution in [-0.4, -0.2) is 22.4 Å². The SMILES string of the molecule is CC1C[C@H]2[C@@H]3CC=C4CC(O)CC[C@]4(C)[C@@H]3CC[C@]2(C)C1O. The van der Waals surface area contributed by atoms with Gasteiger partial charge in [-0.2, -0.15) is 0 Å². The van der Waals surface area contributed by atoms with Crippen molar-refractivity contribution in [1.29, 1.82) is 0 Å². The van der Waals surface area contributed by atoms with Gasteiger partial charge < -0.3 is 10.2 Å². The third-order valence-corrected chi connectivity index (χ3v) is 8.36. The molecule has 0 radical (unpaired) electrons. The van der Waals surface area contributed by atoms with Gasteiger partial charge in [-0.3, -0.25) is 0 Å². The van der Waals surface area contributed by atoms with Gasteiger partial charge in [-0.25, -0.2) is 0 Å². The van der Waals surface area contributed by atoms with Crippen LogP contribution in [0.5, 0.6) is 0 Å². The van der Waals surface area contributed by atoms with Crippen LogP contribution in [0.3, 0.4) is 0 Å². The largest absolute Gasteiger partial charge is 0.393 e. The van der Waals surface area contributed by atoms with Crippen molar-refractivity contribution in [3.8, 4) is 0 Å². The molecule has 2 nitrogen and oxygen atoms in total. The third-order valence-electron chi connectivity index (χ3n) is 8.36. The number of fused-ring (bicyclic) bond motifs is 5. The molecule has 2 heteroatoms. The molecule has 2 N–H and O–H groups in total. The quantitative estimate of drug-likeness (QED) is 0.666. The van der Waals surface area contributed by atoms with E-state index < -0.39 is 0 Å². The van der Waals surface area contributed by atoms with Gasteiger partial charge in [-0.05, 0) is 79.4 Å². The predicted octanol–water partition coefficient (Wildman–Crippen LogP) is 3.92. The molecule has 0 spiro atoms. The lowest BCUT2D eigenvalue weighted by molar-refractivity contribution is -0.0744. The van der Waals surface area contributed by atoms with Crippen LogP contribution in [0.25, 0.3) is 0 Å². The molecule has 0 amide bonds. The van der Waals surface area contributed by atoms with Gasteiger partial charge in [0.1, 0.15) is 0 Å². The highest BCUT2D eigenvalue weighted by Crippen LogP contribution is 2.65. The fraction of sp³-hybridized carbons (Fsp3) is 0.900. The minimum absolute atomic E-state index is 0.107. The highest BCUT2D eigenvalue weighted by atomic mass is 16.3. The normalized spacial score (nSPS) is 57.6. The molecule has 4 aliphatic carbocycles. The molecule has 0 saturated heterocycles. The molecule has 0 bridgehead atoms. The third kappa shape index (κ3) is 1.86. The number of allylic oxidation sites excluding steroid dienone is 1. The molecule has 4 aliphatic rings. The molecule has 3 saturated carbocycles. The molecular weight excluding hydrogens is 272 g/mol. The maximum absolute atomic E-state index is 10.7. The maximum Gasteiger partial charge on any atom is 0.0622 e. The van der Waals surface area contributed by atoms with Gasteiger partial charge >= 0.3 is 0 Å². The second-order valence-electron chi connectivity index (χ2n) is 9.36. The summed E-state index contributed by atoms with van der Waals surface area (Å²) < 4.78 is 0. The van der Waals surface area contributed by atoms with Crippen molar-refractivity contribution in [2.75, 3.05) is 0 Å². The van der Waals surface area contributed by atoms with Gasteiger partial charge in [0.15, 0.2) is 0 Å². The summed E-state index contributed by atoms with van der Waals surface area (Å²) in [4.78, 5) is 0. The predicted molar refractivity (Wildman–Crippen MR) is 88.3 cm³/mol. The van der Waals surface area contributed by atoms with Crippen LogP contribution in [0.15, 0.2) is 11.6 Å². The summed E-state index contributed by atoms with van der Waals surface area (Å²) >= 11 is 0. The molecule has 0 aliphatic heterocycles. The first-order valence-electron chi connectivity index (χ1n) is 9.42. The molecular formula is C20H32O2. The topological polar surface area (TPSA) is 40.5 Å². The molecule has 22 heavy (non-hydrogen) atoms. The maximum atomic E-state index is 10.7. The number of hydrogen-bond acceptors (Lipinski definition) is 2. The van der Waals surface area contributed by atoms with Crippen LogP contribution in [0, 0.1) is 34.5 Å². The summed E-state index contributed by atoms with van der Waals surface area (Å²) in [5, 5.41) is 20.8. The monoisotopic (exact) mass is 304 g/mol. The van der Waals surface area contributed by atoms with E-state index in [9.17, 15) is 10.2 Å². The van der Waals surface area contributed by atoms with Gasteiger partial charge in [0, 0.05) is 0 Å². The first-order valence-corrected chi connectivity index (χ1v) is 9.42. The number of rotatable bonds is 0. The van der Waals surface area contributed by atoms with Crippen molar-refractivity contribution in [2.45, 2.75) is 77.9 Å². The minimum Gasteiger partial charge on any atom is -0.393 e. The van der Waals surface area contributed by atoms with Gasteiger partial charge in [0.25, 0.3) is 0 Å². The minimum atomic E-state index is -0.113. The fourth-order valence-electron chi connectivity index (χ4n) is 6.98. The zero-order valence-electron chi connectivity index (χ0n) is 14.4. The highest BCUT2D eigenvalue weighted by Gasteiger charge is 2.59. The number of aliphatic hydroxyl groups is 2. The van der Waals surface area contributed by atoms with Crippen LogP contribution in [0.2, 0.25) is 0 Å². The zero-order chi connectivity index (χ0) is 15.7. The Morgan fingerprint density at radius 3 is 2.64 bits per heavy atom. The first-order chi connectivity index (χ1) is 10.4. The van der Waals surface area contributed by atoms with E-state index in [0.717, 1.165) is 31.1 Å². The van der Waals surface area contributed by atoms with Crippen LogP contribution in [-0.2, 0) is 0 Å². The van der Waals surface area contributed by atoms with Crippen LogP contribution in [0.1, 0.15) is 65.7 Å². The Morgan fingerprint density at radius 1 is 1.09 bits per heavy atom. The van der Waals surface area contributed by atoms with E-state index >= 15 is 0 Å². The van der Waals surface area contributed by atoms with Crippen molar-refractivity contribution >= 4 is 0 Å². The van der Waals surface area contributed by atoms with E-state index in [1.807, 2.05) is 0 Å². The molecule has 0 heterocycles. The number of hydrogen-bond donors (Lipinski definition) is 2. The average Bonchev–Trinajstić information content (AvgIpc) is 2.72. The summed E-state index contributed by atoms with van der Waals surface area (Å²) in [5.41, 5.74) is 2.01. The molecule has 0 aromatic rings. The molecule has 8 atom stereocenters. The van der Waals surface area contributed by atoms with E-state index in [1.54, 1.807) is 5.57 Å². The van der Waals surface area contributed by atoms with Crippen LogP contribution in [0.4, 0.5) is 0 Å². The number of aliphatic hydroxyl groups excluding tert-OH is 2. The van der Waals surface area contributed by atoms with Crippen molar-refractivity contribution in [2.24, 2.45) is 34.5 Å². The van der Waals surface area contributed by atoms with E-state index in [2.05, 4.69) is 26.8 Å². The molecule has 0 aromatic heterocycles. The molecule has 124 valence electrons. The Balaban J connectivity index is 1.68. The van der Waals surface area contributed by atoms with Crippen molar-refractivity contribution in [3.63, 3.8) is 0 Å². The lowest BCUT2D eigenvalue weighted by Crippen LogP contribution is -2.51. The lowest BCUT2D eigenvalue weighted by atomic mass is 9.48. The standard InChI is InChI=1S/C20H32O2/c1-12-10-17-15-5-4-13-11-14(21)6-8-19(13,2)16(15)7-9-20(17,3)18(12)22/h4,12,14-18,21-22H,5-11H2,1-3H3/t12?,14?,15-,16-,17+,18?,19+,20+/m1/s1. The lowest BCUT2D eigenvalue weighted by Gasteiger charge is -2.57. The highest BCUT2D eigenvalue weighted by molar-refractivity contribution is 5.25. The fourth-order valence-corrected chi connectivity index (χ4v) is 6.98. The summed E-state index contributed by atoms with van der Waals surface area (Å²) in [6.45, 7) is 7.07. The van der Waals surface area contributed by atoms with Crippen molar-refractivity contribution < 1.29 is 10.2 Å². The van der Waals surface area contributed by atoms with Crippen molar-refractivity contribution in [1.82, 2.24) is 0 Å². The first kappa shape index (κ1) is 15.2. The van der Waals surface area contributed by atoms with Crippen molar-refractivity contribution in [3.05, 3.63) is 11.6 Å². The van der Waals surface area contributed by atoms with Crippen LogP contribution >= 0.6 is 0 Å². The molecule has 4 rings (SSSR count). The Labute approximate surface area is 135 Å². The van der Waals surface area contributed by atoms with E-state index in [0.29, 0.717) is 17.3 Å². The smallest absolute Gasteiger partial charge is 0.0622 e. The summed E-state index contributed by atoms with van der Waals surface area (Å²) in [6.07, 6.45) is 10.1. The second kappa shape index (κ2) is 4.83. The van der Waals surface area contributed by atoms with Crippen LogP contribution < -0.4 is 0 Å². The van der Waals surface area contributed by atoms with Gasteiger partial charge in [0.2, 0.25) is 0 Å². The van der Waals surface area contributed by atoms with E-state index in [-0.39, 0.29) is 17.6 Å². The summed E-state index contributed by atoms with van der Waals surface area (Å²) in [6, 6.07) is 0. The van der Waals surface area contributed by atoms with Gasteiger partial charge in [0.05, 0.1) is 12.2 Å². The Kier molecular flexibility index (Phi) is 3.34. The second-order valence-corrected chi connectivity index (χ2v) is 9.36.